The van der Waals surface area contributed by atoms with Gasteiger partial charge in [-0.15, -0.1) is 22.7 Å². The summed E-state index contributed by atoms with van der Waals surface area (Å²) in [6, 6.07) is 6.10. The van der Waals surface area contributed by atoms with Crippen molar-refractivity contribution >= 4 is 45.9 Å². The number of hydrogen-bond acceptors (Lipinski definition) is 3. The van der Waals surface area contributed by atoms with Gasteiger partial charge in [-0.25, -0.2) is 0 Å². The summed E-state index contributed by atoms with van der Waals surface area (Å²) in [5.74, 6) is 0. The molecule has 2 aromatic rings. The van der Waals surface area contributed by atoms with Crippen molar-refractivity contribution in [1.82, 2.24) is 0 Å². The monoisotopic (exact) mass is 305 g/mol. The molecule has 0 fully saturated rings. The molecule has 0 aromatic carbocycles. The average Bonchev–Trinajstić information content (AvgIpc) is 2.85. The van der Waals surface area contributed by atoms with Gasteiger partial charge in [-0.3, -0.25) is 0 Å². The Morgan fingerprint density at radius 1 is 1.24 bits per heavy atom. The maximum absolute atomic E-state index is 6.16. The van der Waals surface area contributed by atoms with E-state index in [0.717, 1.165) is 18.4 Å². The number of aryl methyl sites for hydroxylation is 1. The number of hydrogen-bond donors (Lipinski definition) is 1. The summed E-state index contributed by atoms with van der Waals surface area (Å²) >= 11 is 15.2. The lowest BCUT2D eigenvalue weighted by Crippen LogP contribution is -2.12. The first kappa shape index (κ1) is 13.4. The topological polar surface area (TPSA) is 26.0 Å². The Hall–Kier alpha value is -0.0600. The molecule has 0 spiro atoms. The van der Waals surface area contributed by atoms with Crippen molar-refractivity contribution in [2.45, 2.75) is 25.8 Å². The van der Waals surface area contributed by atoms with Crippen LogP contribution in [0.5, 0.6) is 0 Å². The van der Waals surface area contributed by atoms with Crippen LogP contribution in [-0.2, 0) is 12.8 Å². The van der Waals surface area contributed by atoms with E-state index in [-0.39, 0.29) is 6.04 Å². The fourth-order valence-electron chi connectivity index (χ4n) is 1.65. The van der Waals surface area contributed by atoms with Gasteiger partial charge in [0.2, 0.25) is 0 Å². The lowest BCUT2D eigenvalue weighted by Gasteiger charge is -2.08. The molecule has 0 aliphatic heterocycles. The number of rotatable bonds is 4. The summed E-state index contributed by atoms with van der Waals surface area (Å²) in [4.78, 5) is 2.69. The van der Waals surface area contributed by atoms with Crippen LogP contribution in [0.4, 0.5) is 0 Å². The zero-order valence-corrected chi connectivity index (χ0v) is 12.5. The molecule has 17 heavy (non-hydrogen) atoms. The highest BCUT2D eigenvalue weighted by atomic mass is 35.5. The average molecular weight is 306 g/mol. The zero-order chi connectivity index (χ0) is 12.4. The maximum Gasteiger partial charge on any atom is 0.0992 e. The van der Waals surface area contributed by atoms with Crippen molar-refractivity contribution < 1.29 is 0 Å². The molecular formula is C12H13Cl2NS2. The van der Waals surface area contributed by atoms with Crippen molar-refractivity contribution in [2.75, 3.05) is 0 Å². The van der Waals surface area contributed by atoms with E-state index in [2.05, 4.69) is 19.1 Å². The second-order valence-electron chi connectivity index (χ2n) is 3.81. The molecule has 0 bridgehead atoms. The van der Waals surface area contributed by atoms with Crippen LogP contribution in [0, 0.1) is 0 Å². The van der Waals surface area contributed by atoms with Gasteiger partial charge in [-0.2, -0.15) is 0 Å². The zero-order valence-electron chi connectivity index (χ0n) is 9.37. The molecule has 92 valence electrons. The van der Waals surface area contributed by atoms with Crippen LogP contribution >= 0.6 is 45.9 Å². The van der Waals surface area contributed by atoms with Crippen molar-refractivity contribution in [3.63, 3.8) is 0 Å². The van der Waals surface area contributed by atoms with E-state index in [1.165, 1.54) is 21.1 Å². The third-order valence-corrected chi connectivity index (χ3v) is 5.34. The Bertz CT molecular complexity index is 504. The fourth-order valence-corrected chi connectivity index (χ4v) is 4.27. The van der Waals surface area contributed by atoms with Gasteiger partial charge in [-0.1, -0.05) is 30.1 Å². The standard InChI is InChI=1S/C12H13Cl2NS2/c1-2-7-3-4-8(16-7)5-10(15)9-6-11(13)17-12(9)14/h3-4,6,10H,2,5,15H2,1H3. The van der Waals surface area contributed by atoms with Crippen molar-refractivity contribution in [2.24, 2.45) is 5.73 Å². The minimum Gasteiger partial charge on any atom is -0.324 e. The van der Waals surface area contributed by atoms with E-state index < -0.39 is 0 Å². The molecule has 1 unspecified atom stereocenters. The Morgan fingerprint density at radius 2 is 1.94 bits per heavy atom. The third kappa shape index (κ3) is 3.24. The maximum atomic E-state index is 6.16. The normalized spacial score (nSPS) is 12.9. The second-order valence-corrected chi connectivity index (χ2v) is 7.35. The van der Waals surface area contributed by atoms with E-state index in [1.807, 2.05) is 17.4 Å². The van der Waals surface area contributed by atoms with Crippen molar-refractivity contribution in [3.8, 4) is 0 Å². The van der Waals surface area contributed by atoms with E-state index in [4.69, 9.17) is 28.9 Å². The first-order chi connectivity index (χ1) is 8.10. The van der Waals surface area contributed by atoms with Crippen LogP contribution in [0.15, 0.2) is 18.2 Å². The molecule has 0 saturated carbocycles. The molecule has 0 aliphatic carbocycles. The summed E-state index contributed by atoms with van der Waals surface area (Å²) in [5.41, 5.74) is 7.11. The van der Waals surface area contributed by atoms with Gasteiger partial charge in [0, 0.05) is 27.8 Å². The third-order valence-electron chi connectivity index (χ3n) is 2.57. The minimum absolute atomic E-state index is 0.0744. The highest BCUT2D eigenvalue weighted by Gasteiger charge is 2.15. The minimum atomic E-state index is -0.0744. The molecule has 2 heterocycles. The van der Waals surface area contributed by atoms with Gasteiger partial charge >= 0.3 is 0 Å². The SMILES string of the molecule is CCc1ccc(CC(N)c2cc(Cl)sc2Cl)s1. The van der Waals surface area contributed by atoms with Crippen LogP contribution in [0.1, 0.15) is 28.3 Å². The highest BCUT2D eigenvalue weighted by molar-refractivity contribution is 7.20. The first-order valence-electron chi connectivity index (χ1n) is 5.38. The van der Waals surface area contributed by atoms with Crippen molar-refractivity contribution in [3.05, 3.63) is 42.2 Å². The van der Waals surface area contributed by atoms with Gasteiger partial charge in [-0.05, 0) is 24.6 Å². The quantitative estimate of drug-likeness (QED) is 0.852. The van der Waals surface area contributed by atoms with Gasteiger partial charge < -0.3 is 5.73 Å². The number of thiophene rings is 2. The van der Waals surface area contributed by atoms with Crippen LogP contribution < -0.4 is 5.73 Å². The van der Waals surface area contributed by atoms with Gasteiger partial charge in [0.1, 0.15) is 0 Å². The second kappa shape index (κ2) is 5.72. The molecule has 0 saturated heterocycles. The Kier molecular flexibility index (Phi) is 4.50. The number of nitrogens with two attached hydrogens (primary N) is 1. The van der Waals surface area contributed by atoms with Crippen LogP contribution in [0.2, 0.25) is 8.67 Å². The molecule has 2 N–H and O–H groups in total. The van der Waals surface area contributed by atoms with Crippen LogP contribution in [0.3, 0.4) is 0 Å². The molecule has 2 aromatic heterocycles. The Labute approximate surface area is 119 Å². The van der Waals surface area contributed by atoms with Crippen LogP contribution in [-0.4, -0.2) is 0 Å². The summed E-state index contributed by atoms with van der Waals surface area (Å²) < 4.78 is 1.40. The van der Waals surface area contributed by atoms with E-state index >= 15 is 0 Å². The fraction of sp³-hybridized carbons (Fsp3) is 0.333. The van der Waals surface area contributed by atoms with Crippen molar-refractivity contribution in [1.29, 1.82) is 0 Å². The lowest BCUT2D eigenvalue weighted by atomic mass is 10.1. The Morgan fingerprint density at radius 3 is 2.47 bits per heavy atom. The summed E-state index contributed by atoms with van der Waals surface area (Å²) in [6.45, 7) is 2.16. The molecule has 0 aliphatic rings. The van der Waals surface area contributed by atoms with E-state index in [9.17, 15) is 0 Å². The van der Waals surface area contributed by atoms with Gasteiger partial charge in [0.15, 0.2) is 0 Å². The van der Waals surface area contributed by atoms with Crippen LogP contribution in [0.25, 0.3) is 0 Å². The molecule has 1 nitrogen and oxygen atoms in total. The molecular weight excluding hydrogens is 293 g/mol. The first-order valence-corrected chi connectivity index (χ1v) is 7.77. The number of halogens is 2. The molecule has 2 rings (SSSR count). The Balaban J connectivity index is 2.11. The summed E-state index contributed by atoms with van der Waals surface area (Å²) in [7, 11) is 0. The van der Waals surface area contributed by atoms with Gasteiger partial charge in [0.05, 0.1) is 8.67 Å². The smallest absolute Gasteiger partial charge is 0.0992 e. The van der Waals surface area contributed by atoms with E-state index in [0.29, 0.717) is 8.67 Å². The summed E-state index contributed by atoms with van der Waals surface area (Å²) in [6.07, 6.45) is 1.89. The highest BCUT2D eigenvalue weighted by Crippen LogP contribution is 2.35. The predicted octanol–water partition coefficient (Wildman–Crippen LogP) is 4.92. The predicted molar refractivity (Wildman–Crippen MR) is 78.7 cm³/mol. The lowest BCUT2D eigenvalue weighted by molar-refractivity contribution is 0.733. The largest absolute Gasteiger partial charge is 0.324 e. The molecule has 1 atom stereocenters. The molecule has 0 amide bonds. The van der Waals surface area contributed by atoms with E-state index in [1.54, 1.807) is 0 Å². The molecule has 0 radical (unpaired) electrons. The van der Waals surface area contributed by atoms with Gasteiger partial charge in [0.25, 0.3) is 0 Å². The summed E-state index contributed by atoms with van der Waals surface area (Å²) in [5, 5.41) is 0. The molecule has 5 heteroatoms.